The fraction of sp³-hybridized carbons (Fsp3) is 0.684. The third-order valence-electron chi connectivity index (χ3n) is 4.93. The Balaban J connectivity index is 1.77. The fourth-order valence-electron chi connectivity index (χ4n) is 3.49. The van der Waals surface area contributed by atoms with Crippen molar-refractivity contribution >= 4 is 0 Å². The molecule has 2 rings (SSSR count). The zero-order valence-electron chi connectivity index (χ0n) is 14.5. The number of aliphatic hydroxyl groups is 1. The van der Waals surface area contributed by atoms with E-state index in [4.69, 9.17) is 9.47 Å². The Morgan fingerprint density at radius 2 is 1.91 bits per heavy atom. The normalized spacial score (nSPS) is 16.5. The van der Waals surface area contributed by atoms with Crippen molar-refractivity contribution < 1.29 is 14.6 Å². The van der Waals surface area contributed by atoms with Crippen LogP contribution in [-0.2, 0) is 0 Å². The number of rotatable bonds is 10. The number of methoxy groups -OCH3 is 2. The highest BCUT2D eigenvalue weighted by Gasteiger charge is 2.15. The van der Waals surface area contributed by atoms with Gasteiger partial charge in [-0.25, -0.2) is 0 Å². The Labute approximate surface area is 140 Å². The predicted molar refractivity (Wildman–Crippen MR) is 93.4 cm³/mol. The summed E-state index contributed by atoms with van der Waals surface area (Å²) in [6.07, 6.45) is 8.26. The van der Waals surface area contributed by atoms with Gasteiger partial charge in [0.05, 0.1) is 20.8 Å². The zero-order chi connectivity index (χ0) is 16.5. The minimum absolute atomic E-state index is 0.0845. The highest BCUT2D eigenvalue weighted by molar-refractivity contribution is 5.44. The molecular formula is C19H31NO3. The first kappa shape index (κ1) is 18.1. The van der Waals surface area contributed by atoms with Crippen LogP contribution in [0.5, 0.6) is 11.5 Å². The molecule has 4 nitrogen and oxygen atoms in total. The van der Waals surface area contributed by atoms with E-state index in [9.17, 15) is 5.11 Å². The van der Waals surface area contributed by atoms with Gasteiger partial charge in [0.1, 0.15) is 0 Å². The molecule has 23 heavy (non-hydrogen) atoms. The molecular weight excluding hydrogens is 290 g/mol. The second-order valence-corrected chi connectivity index (χ2v) is 6.49. The van der Waals surface area contributed by atoms with Gasteiger partial charge in [0.15, 0.2) is 11.5 Å². The third kappa shape index (κ3) is 5.40. The van der Waals surface area contributed by atoms with Crippen LogP contribution < -0.4 is 14.8 Å². The van der Waals surface area contributed by atoms with Gasteiger partial charge >= 0.3 is 0 Å². The first-order valence-corrected chi connectivity index (χ1v) is 8.82. The molecule has 1 fully saturated rings. The van der Waals surface area contributed by atoms with E-state index >= 15 is 0 Å². The first-order valence-electron chi connectivity index (χ1n) is 8.82. The van der Waals surface area contributed by atoms with Gasteiger partial charge in [-0.05, 0) is 43.0 Å². The van der Waals surface area contributed by atoms with E-state index in [2.05, 4.69) is 5.32 Å². The number of nitrogens with one attached hydrogen (secondary N) is 1. The second-order valence-electron chi connectivity index (χ2n) is 6.49. The van der Waals surface area contributed by atoms with Crippen LogP contribution in [0.3, 0.4) is 0 Å². The molecule has 1 unspecified atom stereocenters. The average molecular weight is 321 g/mol. The molecule has 1 aliphatic carbocycles. The highest BCUT2D eigenvalue weighted by Crippen LogP contribution is 2.30. The van der Waals surface area contributed by atoms with Crippen molar-refractivity contribution in [3.05, 3.63) is 23.8 Å². The Morgan fingerprint density at radius 3 is 2.57 bits per heavy atom. The molecule has 1 aliphatic rings. The second kappa shape index (κ2) is 9.78. The highest BCUT2D eigenvalue weighted by atomic mass is 16.5. The number of benzene rings is 1. The molecule has 0 aromatic heterocycles. The maximum absolute atomic E-state index is 9.69. The van der Waals surface area contributed by atoms with Crippen molar-refractivity contribution in [1.29, 1.82) is 0 Å². The van der Waals surface area contributed by atoms with Gasteiger partial charge in [-0.15, -0.1) is 0 Å². The van der Waals surface area contributed by atoms with Crippen LogP contribution in [-0.4, -0.2) is 39.0 Å². The van der Waals surface area contributed by atoms with Gasteiger partial charge < -0.3 is 19.9 Å². The number of ether oxygens (including phenoxy) is 2. The zero-order valence-corrected chi connectivity index (χ0v) is 14.5. The minimum atomic E-state index is 0.0845. The van der Waals surface area contributed by atoms with E-state index in [-0.39, 0.29) is 12.5 Å². The molecule has 1 aromatic rings. The maximum Gasteiger partial charge on any atom is 0.160 e. The van der Waals surface area contributed by atoms with Crippen LogP contribution in [0.25, 0.3) is 0 Å². The van der Waals surface area contributed by atoms with Crippen molar-refractivity contribution in [3.63, 3.8) is 0 Å². The lowest BCUT2D eigenvalue weighted by molar-refractivity contribution is 0.260. The monoisotopic (exact) mass is 321 g/mol. The molecule has 0 heterocycles. The Bertz CT molecular complexity index is 458. The molecule has 1 saturated carbocycles. The molecule has 130 valence electrons. The van der Waals surface area contributed by atoms with Crippen molar-refractivity contribution in [2.75, 3.05) is 33.9 Å². The Kier molecular flexibility index (Phi) is 7.69. The smallest absolute Gasteiger partial charge is 0.160 e. The van der Waals surface area contributed by atoms with Crippen LogP contribution in [0.4, 0.5) is 0 Å². The van der Waals surface area contributed by atoms with Gasteiger partial charge in [-0.1, -0.05) is 31.7 Å². The van der Waals surface area contributed by atoms with Crippen molar-refractivity contribution in [1.82, 2.24) is 5.32 Å². The summed E-state index contributed by atoms with van der Waals surface area (Å²) in [6, 6.07) is 5.86. The average Bonchev–Trinajstić information content (AvgIpc) is 3.11. The number of aliphatic hydroxyl groups excluding tert-OH is 1. The van der Waals surface area contributed by atoms with Crippen molar-refractivity contribution in [3.8, 4) is 11.5 Å². The summed E-state index contributed by atoms with van der Waals surface area (Å²) in [5.74, 6) is 2.47. The minimum Gasteiger partial charge on any atom is -0.493 e. The molecule has 1 aromatic carbocycles. The molecule has 0 saturated heterocycles. The third-order valence-corrected chi connectivity index (χ3v) is 4.93. The number of hydrogen-bond donors (Lipinski definition) is 2. The molecule has 4 heteroatoms. The van der Waals surface area contributed by atoms with E-state index in [1.807, 2.05) is 18.2 Å². The molecule has 0 bridgehead atoms. The summed E-state index contributed by atoms with van der Waals surface area (Å²) in [7, 11) is 3.27. The van der Waals surface area contributed by atoms with Crippen LogP contribution in [0, 0.1) is 5.92 Å². The molecule has 0 amide bonds. The van der Waals surface area contributed by atoms with Crippen molar-refractivity contribution in [2.45, 2.75) is 44.4 Å². The quantitative estimate of drug-likeness (QED) is 0.649. The molecule has 1 atom stereocenters. The van der Waals surface area contributed by atoms with Gasteiger partial charge in [0, 0.05) is 12.5 Å². The summed E-state index contributed by atoms with van der Waals surface area (Å²) >= 11 is 0. The summed E-state index contributed by atoms with van der Waals surface area (Å²) in [6.45, 7) is 1.95. The molecule has 0 spiro atoms. The molecule has 0 radical (unpaired) electrons. The molecule has 0 aliphatic heterocycles. The fourth-order valence-corrected chi connectivity index (χ4v) is 3.49. The Morgan fingerprint density at radius 1 is 1.17 bits per heavy atom. The van der Waals surface area contributed by atoms with E-state index in [0.717, 1.165) is 30.3 Å². The van der Waals surface area contributed by atoms with Gasteiger partial charge in [-0.3, -0.25) is 0 Å². The van der Waals surface area contributed by atoms with Gasteiger partial charge in [0.25, 0.3) is 0 Å². The topological polar surface area (TPSA) is 50.7 Å². The summed E-state index contributed by atoms with van der Waals surface area (Å²) < 4.78 is 10.6. The van der Waals surface area contributed by atoms with Crippen LogP contribution in [0.1, 0.15) is 50.0 Å². The summed E-state index contributed by atoms with van der Waals surface area (Å²) in [4.78, 5) is 0. The lowest BCUT2D eigenvalue weighted by atomic mass is 9.99. The summed E-state index contributed by atoms with van der Waals surface area (Å²) in [5, 5.41) is 13.2. The van der Waals surface area contributed by atoms with Crippen molar-refractivity contribution in [2.24, 2.45) is 5.92 Å². The largest absolute Gasteiger partial charge is 0.493 e. The van der Waals surface area contributed by atoms with Crippen LogP contribution in [0.15, 0.2) is 18.2 Å². The van der Waals surface area contributed by atoms with E-state index < -0.39 is 0 Å². The molecule has 2 N–H and O–H groups in total. The first-order chi connectivity index (χ1) is 11.3. The van der Waals surface area contributed by atoms with Crippen LogP contribution >= 0.6 is 0 Å². The van der Waals surface area contributed by atoms with Gasteiger partial charge in [0.2, 0.25) is 0 Å². The summed E-state index contributed by atoms with van der Waals surface area (Å²) in [5.41, 5.74) is 1.08. The predicted octanol–water partition coefficient (Wildman–Crippen LogP) is 3.34. The van der Waals surface area contributed by atoms with Crippen LogP contribution in [0.2, 0.25) is 0 Å². The standard InChI is InChI=1S/C19H31NO3/c1-22-18-10-9-16(12-19(18)23-2)17(14-21)13-20-11-5-8-15-6-3-4-7-15/h9-10,12,15,17,20-21H,3-8,11,13-14H2,1-2H3. The Hall–Kier alpha value is -1.26. The lowest BCUT2D eigenvalue weighted by Gasteiger charge is -2.18. The van der Waals surface area contributed by atoms with E-state index in [0.29, 0.717) is 5.75 Å². The van der Waals surface area contributed by atoms with E-state index in [1.165, 1.54) is 38.5 Å². The van der Waals surface area contributed by atoms with E-state index in [1.54, 1.807) is 14.2 Å². The number of hydrogen-bond acceptors (Lipinski definition) is 4. The SMILES string of the molecule is COc1ccc(C(CO)CNCCCC2CCCC2)cc1OC. The lowest BCUT2D eigenvalue weighted by Crippen LogP contribution is -2.25. The maximum atomic E-state index is 9.69. The van der Waals surface area contributed by atoms with Gasteiger partial charge in [-0.2, -0.15) is 0 Å².